The lowest BCUT2D eigenvalue weighted by molar-refractivity contribution is -0.178. The first kappa shape index (κ1) is 13.8. The molecule has 1 aromatic rings. The molecule has 104 valence electrons. The van der Waals surface area contributed by atoms with E-state index in [0.717, 1.165) is 0 Å². The lowest BCUT2D eigenvalue weighted by Crippen LogP contribution is -2.55. The number of carboxylic acid groups (broad SMARTS) is 1. The Morgan fingerprint density at radius 3 is 2.37 bits per heavy atom. The van der Waals surface area contributed by atoms with Crippen molar-refractivity contribution < 1.29 is 30.0 Å². The van der Waals surface area contributed by atoms with Crippen LogP contribution in [0.2, 0.25) is 0 Å². The number of aliphatic hydroxyl groups is 3. The molecular weight excluding hydrogens is 254 g/mol. The van der Waals surface area contributed by atoms with Crippen LogP contribution in [0.4, 0.5) is 5.69 Å². The van der Waals surface area contributed by atoms with Crippen LogP contribution in [0, 0.1) is 0 Å². The van der Waals surface area contributed by atoms with Gasteiger partial charge in [-0.3, -0.25) is 0 Å². The van der Waals surface area contributed by atoms with Crippen molar-refractivity contribution in [2.75, 3.05) is 11.9 Å². The van der Waals surface area contributed by atoms with Crippen molar-refractivity contribution in [2.24, 2.45) is 0 Å². The first-order chi connectivity index (χ1) is 8.99. The van der Waals surface area contributed by atoms with Crippen molar-refractivity contribution in [3.8, 4) is 0 Å². The molecule has 0 amide bonds. The predicted molar refractivity (Wildman–Crippen MR) is 64.8 cm³/mol. The summed E-state index contributed by atoms with van der Waals surface area (Å²) in [5.74, 6) is -1.03. The molecular formula is C12H15NO6. The van der Waals surface area contributed by atoms with Gasteiger partial charge < -0.3 is 30.5 Å². The number of nitrogens with one attached hydrogen (secondary N) is 1. The fraction of sp³-hybridized carbons (Fsp3) is 0.417. The SMILES string of the molecule is O=C(O)c1ccc(N[C@H]2OC[C@@H](O)[C@H](O)[C@H]2O)cc1. The molecule has 2 rings (SSSR count). The molecule has 7 heteroatoms. The number of carboxylic acids is 1. The normalized spacial score (nSPS) is 30.9. The van der Waals surface area contributed by atoms with Crippen molar-refractivity contribution in [1.29, 1.82) is 0 Å². The molecule has 1 aromatic carbocycles. The molecule has 0 bridgehead atoms. The first-order valence-corrected chi connectivity index (χ1v) is 5.74. The third-order valence-electron chi connectivity index (χ3n) is 2.94. The van der Waals surface area contributed by atoms with E-state index >= 15 is 0 Å². The highest BCUT2D eigenvalue weighted by molar-refractivity contribution is 5.87. The van der Waals surface area contributed by atoms with Crippen LogP contribution in [0.3, 0.4) is 0 Å². The van der Waals surface area contributed by atoms with Crippen LogP contribution in [0.5, 0.6) is 0 Å². The maximum Gasteiger partial charge on any atom is 0.335 e. The van der Waals surface area contributed by atoms with E-state index < -0.39 is 30.5 Å². The van der Waals surface area contributed by atoms with E-state index in [1.807, 2.05) is 0 Å². The van der Waals surface area contributed by atoms with Gasteiger partial charge in [0.15, 0.2) is 6.23 Å². The molecule has 1 aliphatic heterocycles. The highest BCUT2D eigenvalue weighted by Gasteiger charge is 2.37. The van der Waals surface area contributed by atoms with E-state index in [2.05, 4.69) is 5.32 Å². The van der Waals surface area contributed by atoms with E-state index in [-0.39, 0.29) is 12.2 Å². The van der Waals surface area contributed by atoms with Crippen LogP contribution < -0.4 is 5.32 Å². The largest absolute Gasteiger partial charge is 0.478 e. The molecule has 0 saturated carbocycles. The summed E-state index contributed by atoms with van der Waals surface area (Å²) in [6, 6.07) is 5.87. The van der Waals surface area contributed by atoms with Crippen molar-refractivity contribution in [2.45, 2.75) is 24.5 Å². The molecule has 0 unspecified atom stereocenters. The predicted octanol–water partition coefficient (Wildman–Crippen LogP) is -0.764. The zero-order chi connectivity index (χ0) is 14.0. The van der Waals surface area contributed by atoms with Gasteiger partial charge in [0.25, 0.3) is 0 Å². The van der Waals surface area contributed by atoms with E-state index in [0.29, 0.717) is 5.69 Å². The van der Waals surface area contributed by atoms with Gasteiger partial charge in [0, 0.05) is 5.69 Å². The average Bonchev–Trinajstić information content (AvgIpc) is 2.40. The number of hydrogen-bond donors (Lipinski definition) is 5. The monoisotopic (exact) mass is 269 g/mol. The van der Waals surface area contributed by atoms with Crippen LogP contribution in [0.15, 0.2) is 24.3 Å². The van der Waals surface area contributed by atoms with Gasteiger partial charge in [-0.2, -0.15) is 0 Å². The third-order valence-corrected chi connectivity index (χ3v) is 2.94. The number of benzene rings is 1. The molecule has 1 saturated heterocycles. The molecule has 1 heterocycles. The second kappa shape index (κ2) is 5.54. The number of ether oxygens (including phenoxy) is 1. The fourth-order valence-corrected chi connectivity index (χ4v) is 1.81. The van der Waals surface area contributed by atoms with Gasteiger partial charge in [-0.1, -0.05) is 0 Å². The number of carbonyl (C=O) groups is 1. The van der Waals surface area contributed by atoms with Crippen LogP contribution in [-0.2, 0) is 4.74 Å². The first-order valence-electron chi connectivity index (χ1n) is 5.74. The Morgan fingerprint density at radius 2 is 1.79 bits per heavy atom. The zero-order valence-electron chi connectivity index (χ0n) is 9.93. The van der Waals surface area contributed by atoms with Crippen molar-refractivity contribution in [1.82, 2.24) is 0 Å². The molecule has 7 nitrogen and oxygen atoms in total. The minimum Gasteiger partial charge on any atom is -0.478 e. The second-order valence-corrected chi connectivity index (χ2v) is 4.33. The van der Waals surface area contributed by atoms with Gasteiger partial charge in [-0.05, 0) is 24.3 Å². The molecule has 0 aromatic heterocycles. The molecule has 1 aliphatic rings. The van der Waals surface area contributed by atoms with Gasteiger partial charge in [0.1, 0.15) is 18.3 Å². The van der Waals surface area contributed by atoms with Gasteiger partial charge in [-0.25, -0.2) is 4.79 Å². The van der Waals surface area contributed by atoms with Gasteiger partial charge in [-0.15, -0.1) is 0 Å². The maximum atomic E-state index is 10.7. The Bertz CT molecular complexity index is 448. The fourth-order valence-electron chi connectivity index (χ4n) is 1.81. The summed E-state index contributed by atoms with van der Waals surface area (Å²) in [6.45, 7) is -0.0941. The van der Waals surface area contributed by atoms with E-state index in [4.69, 9.17) is 9.84 Å². The summed E-state index contributed by atoms with van der Waals surface area (Å²) in [7, 11) is 0. The smallest absolute Gasteiger partial charge is 0.335 e. The molecule has 0 spiro atoms. The van der Waals surface area contributed by atoms with Gasteiger partial charge in [0.2, 0.25) is 0 Å². The van der Waals surface area contributed by atoms with E-state index in [9.17, 15) is 20.1 Å². The Balaban J connectivity index is 2.03. The number of aromatic carboxylic acids is 1. The molecule has 19 heavy (non-hydrogen) atoms. The van der Waals surface area contributed by atoms with Crippen molar-refractivity contribution in [3.63, 3.8) is 0 Å². The van der Waals surface area contributed by atoms with Crippen molar-refractivity contribution in [3.05, 3.63) is 29.8 Å². The zero-order valence-corrected chi connectivity index (χ0v) is 9.93. The van der Waals surface area contributed by atoms with E-state index in [1.165, 1.54) is 24.3 Å². The molecule has 5 N–H and O–H groups in total. The molecule has 1 fully saturated rings. The van der Waals surface area contributed by atoms with Crippen LogP contribution in [0.25, 0.3) is 0 Å². The van der Waals surface area contributed by atoms with E-state index in [1.54, 1.807) is 0 Å². The van der Waals surface area contributed by atoms with Crippen LogP contribution in [0.1, 0.15) is 10.4 Å². The average molecular weight is 269 g/mol. The Morgan fingerprint density at radius 1 is 1.16 bits per heavy atom. The minimum absolute atomic E-state index is 0.0941. The Hall–Kier alpha value is -1.67. The molecule has 0 aliphatic carbocycles. The number of hydrogen-bond acceptors (Lipinski definition) is 6. The molecule has 0 radical (unpaired) electrons. The molecule has 4 atom stereocenters. The number of anilines is 1. The summed E-state index contributed by atoms with van der Waals surface area (Å²) in [5, 5.41) is 40.1. The number of rotatable bonds is 3. The Kier molecular flexibility index (Phi) is 4.01. The quantitative estimate of drug-likeness (QED) is 0.489. The lowest BCUT2D eigenvalue weighted by Gasteiger charge is -2.35. The summed E-state index contributed by atoms with van der Waals surface area (Å²) < 4.78 is 5.17. The number of aliphatic hydroxyl groups excluding tert-OH is 3. The van der Waals surface area contributed by atoms with Crippen LogP contribution in [-0.4, -0.2) is 57.5 Å². The Labute approximate surface area is 109 Å². The van der Waals surface area contributed by atoms with Gasteiger partial charge in [0.05, 0.1) is 12.2 Å². The highest BCUT2D eigenvalue weighted by Crippen LogP contribution is 2.19. The highest BCUT2D eigenvalue weighted by atomic mass is 16.5. The maximum absolute atomic E-state index is 10.7. The van der Waals surface area contributed by atoms with Crippen LogP contribution >= 0.6 is 0 Å². The summed E-state index contributed by atoms with van der Waals surface area (Å²) >= 11 is 0. The standard InChI is InChI=1S/C12H15NO6/c14-8-5-19-11(10(16)9(8)15)13-7-3-1-6(2-4-7)12(17)18/h1-4,8-11,13-16H,5H2,(H,17,18)/t8-,9+,10-,11+/m1/s1. The van der Waals surface area contributed by atoms with Crippen molar-refractivity contribution >= 4 is 11.7 Å². The topological polar surface area (TPSA) is 119 Å². The minimum atomic E-state index is -1.29. The lowest BCUT2D eigenvalue weighted by atomic mass is 10.0. The third kappa shape index (κ3) is 3.02. The van der Waals surface area contributed by atoms with Gasteiger partial charge >= 0.3 is 5.97 Å². The summed E-state index contributed by atoms with van der Waals surface area (Å²) in [6.07, 6.45) is -4.55. The second-order valence-electron chi connectivity index (χ2n) is 4.33. The summed E-state index contributed by atoms with van der Waals surface area (Å²) in [5.41, 5.74) is 0.684. The summed E-state index contributed by atoms with van der Waals surface area (Å²) in [4.78, 5) is 10.7.